The van der Waals surface area contributed by atoms with Crippen molar-refractivity contribution in [3.8, 4) is 0 Å². The highest BCUT2D eigenvalue weighted by atomic mass is 16.4. The van der Waals surface area contributed by atoms with Crippen molar-refractivity contribution in [2.24, 2.45) is 0 Å². The average Bonchev–Trinajstić information content (AvgIpc) is 2.77. The Bertz CT molecular complexity index is 343. The predicted octanol–water partition coefficient (Wildman–Crippen LogP) is 1.30. The molecule has 1 fully saturated rings. The zero-order valence-electron chi connectivity index (χ0n) is 10.7. The Morgan fingerprint density at radius 2 is 2.00 bits per heavy atom. The smallest absolute Gasteiger partial charge is 0.129 e. The maximum Gasteiger partial charge on any atom is 0.129 e. The van der Waals surface area contributed by atoms with E-state index >= 15 is 0 Å². The molecule has 0 bridgehead atoms. The van der Waals surface area contributed by atoms with Crippen LogP contribution in [0.3, 0.4) is 0 Å². The molecule has 0 aromatic carbocycles. The standard InChI is InChI=1S/C13H22N2O2/c1-14-7-5-11(6-8-14)15(2)9-12-3-4-13(10-16)17-12/h3-4,11,16H,5-10H2,1-2H3. The van der Waals surface area contributed by atoms with E-state index in [0.717, 1.165) is 12.3 Å². The SMILES string of the molecule is CN1CCC(N(C)Cc2ccc(CO)o2)CC1. The third kappa shape index (κ3) is 3.31. The predicted molar refractivity (Wildman–Crippen MR) is 66.6 cm³/mol. The van der Waals surface area contributed by atoms with E-state index in [1.54, 1.807) is 0 Å². The van der Waals surface area contributed by atoms with Crippen LogP contribution in [-0.2, 0) is 13.2 Å². The van der Waals surface area contributed by atoms with Gasteiger partial charge in [0.05, 0.1) is 6.54 Å². The highest BCUT2D eigenvalue weighted by Gasteiger charge is 2.21. The van der Waals surface area contributed by atoms with Gasteiger partial charge in [-0.25, -0.2) is 0 Å². The topological polar surface area (TPSA) is 39.9 Å². The Morgan fingerprint density at radius 3 is 2.59 bits per heavy atom. The number of nitrogens with zero attached hydrogens (tertiary/aromatic N) is 2. The third-order valence-electron chi connectivity index (χ3n) is 3.59. The van der Waals surface area contributed by atoms with Crippen molar-refractivity contribution in [3.63, 3.8) is 0 Å². The summed E-state index contributed by atoms with van der Waals surface area (Å²) in [4.78, 5) is 4.73. The van der Waals surface area contributed by atoms with Crippen LogP contribution in [0.1, 0.15) is 24.4 Å². The molecule has 1 aliphatic heterocycles. The zero-order chi connectivity index (χ0) is 12.3. The summed E-state index contributed by atoms with van der Waals surface area (Å²) in [5.74, 6) is 1.59. The highest BCUT2D eigenvalue weighted by molar-refractivity contribution is 5.06. The van der Waals surface area contributed by atoms with Crippen LogP contribution >= 0.6 is 0 Å². The van der Waals surface area contributed by atoms with Gasteiger partial charge in [-0.15, -0.1) is 0 Å². The molecule has 0 saturated carbocycles. The van der Waals surface area contributed by atoms with Crippen molar-refractivity contribution in [3.05, 3.63) is 23.7 Å². The van der Waals surface area contributed by atoms with Gasteiger partial charge < -0.3 is 14.4 Å². The molecule has 0 unspecified atom stereocenters. The molecule has 96 valence electrons. The van der Waals surface area contributed by atoms with Crippen LogP contribution in [-0.4, -0.2) is 48.1 Å². The molecule has 0 atom stereocenters. The Labute approximate surface area is 103 Å². The first-order valence-corrected chi connectivity index (χ1v) is 6.26. The number of aliphatic hydroxyl groups excluding tert-OH is 1. The number of furan rings is 1. The Kier molecular flexibility index (Phi) is 4.20. The molecule has 1 aromatic rings. The molecule has 1 saturated heterocycles. The third-order valence-corrected chi connectivity index (χ3v) is 3.59. The van der Waals surface area contributed by atoms with Crippen molar-refractivity contribution in [2.45, 2.75) is 32.0 Å². The van der Waals surface area contributed by atoms with Crippen LogP contribution < -0.4 is 0 Å². The van der Waals surface area contributed by atoms with E-state index in [4.69, 9.17) is 9.52 Å². The fraction of sp³-hybridized carbons (Fsp3) is 0.692. The Morgan fingerprint density at radius 1 is 1.35 bits per heavy atom. The van der Waals surface area contributed by atoms with E-state index in [2.05, 4.69) is 23.9 Å². The second-order valence-electron chi connectivity index (χ2n) is 4.98. The molecule has 4 heteroatoms. The molecule has 4 nitrogen and oxygen atoms in total. The first-order chi connectivity index (χ1) is 8.19. The van der Waals surface area contributed by atoms with E-state index in [1.165, 1.54) is 25.9 Å². The second-order valence-corrected chi connectivity index (χ2v) is 4.98. The summed E-state index contributed by atoms with van der Waals surface area (Å²) in [6.45, 7) is 3.16. The van der Waals surface area contributed by atoms with Gasteiger partial charge in [-0.05, 0) is 52.2 Å². The zero-order valence-corrected chi connectivity index (χ0v) is 10.7. The van der Waals surface area contributed by atoms with Crippen LogP contribution in [0.4, 0.5) is 0 Å². The van der Waals surface area contributed by atoms with E-state index < -0.39 is 0 Å². The van der Waals surface area contributed by atoms with Crippen LogP contribution in [0.5, 0.6) is 0 Å². The summed E-state index contributed by atoms with van der Waals surface area (Å²) >= 11 is 0. The van der Waals surface area contributed by atoms with E-state index in [1.807, 2.05) is 12.1 Å². The minimum absolute atomic E-state index is 0.0159. The van der Waals surface area contributed by atoms with E-state index in [9.17, 15) is 0 Å². The molecule has 1 aromatic heterocycles. The first-order valence-electron chi connectivity index (χ1n) is 6.26. The summed E-state index contributed by atoms with van der Waals surface area (Å²) in [5.41, 5.74) is 0. The number of aliphatic hydroxyl groups is 1. The summed E-state index contributed by atoms with van der Waals surface area (Å²) in [7, 11) is 4.33. The number of likely N-dealkylation sites (tertiary alicyclic amines) is 1. The van der Waals surface area contributed by atoms with Crippen molar-refractivity contribution in [2.75, 3.05) is 27.2 Å². The van der Waals surface area contributed by atoms with Crippen molar-refractivity contribution in [1.82, 2.24) is 9.80 Å². The van der Waals surface area contributed by atoms with Crippen molar-refractivity contribution >= 4 is 0 Å². The molecule has 2 heterocycles. The maximum absolute atomic E-state index is 8.95. The van der Waals surface area contributed by atoms with Gasteiger partial charge in [0, 0.05) is 6.04 Å². The van der Waals surface area contributed by atoms with Crippen LogP contribution in [0.2, 0.25) is 0 Å². The fourth-order valence-electron chi connectivity index (χ4n) is 2.40. The first kappa shape index (κ1) is 12.6. The van der Waals surface area contributed by atoms with E-state index in [0.29, 0.717) is 11.8 Å². The van der Waals surface area contributed by atoms with Gasteiger partial charge in [0.15, 0.2) is 0 Å². The molecule has 17 heavy (non-hydrogen) atoms. The summed E-state index contributed by atoms with van der Waals surface area (Å²) < 4.78 is 5.51. The molecule has 0 amide bonds. The second kappa shape index (κ2) is 5.67. The van der Waals surface area contributed by atoms with Crippen LogP contribution in [0, 0.1) is 0 Å². The highest BCUT2D eigenvalue weighted by Crippen LogP contribution is 2.17. The molecule has 1 aliphatic rings. The van der Waals surface area contributed by atoms with Gasteiger partial charge in [0.25, 0.3) is 0 Å². The lowest BCUT2D eigenvalue weighted by atomic mass is 10.0. The van der Waals surface area contributed by atoms with Gasteiger partial charge in [-0.2, -0.15) is 0 Å². The normalized spacial score (nSPS) is 19.1. The van der Waals surface area contributed by atoms with Crippen molar-refractivity contribution < 1.29 is 9.52 Å². The van der Waals surface area contributed by atoms with E-state index in [-0.39, 0.29) is 6.61 Å². The summed E-state index contributed by atoms with van der Waals surface area (Å²) in [6.07, 6.45) is 2.45. The molecular weight excluding hydrogens is 216 g/mol. The number of hydrogen-bond donors (Lipinski definition) is 1. The van der Waals surface area contributed by atoms with Gasteiger partial charge in [-0.1, -0.05) is 0 Å². The lowest BCUT2D eigenvalue weighted by Gasteiger charge is -2.34. The Hall–Kier alpha value is -0.840. The molecule has 0 spiro atoms. The van der Waals surface area contributed by atoms with Crippen molar-refractivity contribution in [1.29, 1.82) is 0 Å². The number of rotatable bonds is 4. The molecule has 0 radical (unpaired) electrons. The van der Waals surface area contributed by atoms with Gasteiger partial charge >= 0.3 is 0 Å². The molecule has 2 rings (SSSR count). The molecule has 1 N–H and O–H groups in total. The lowest BCUT2D eigenvalue weighted by Crippen LogP contribution is -2.41. The van der Waals surface area contributed by atoms with Gasteiger partial charge in [0.1, 0.15) is 18.1 Å². The number of hydrogen-bond acceptors (Lipinski definition) is 4. The monoisotopic (exact) mass is 238 g/mol. The van der Waals surface area contributed by atoms with Gasteiger partial charge in [0.2, 0.25) is 0 Å². The maximum atomic E-state index is 8.95. The minimum atomic E-state index is -0.0159. The fourth-order valence-corrected chi connectivity index (χ4v) is 2.40. The van der Waals surface area contributed by atoms with Crippen LogP contribution in [0.15, 0.2) is 16.5 Å². The van der Waals surface area contributed by atoms with Gasteiger partial charge in [-0.3, -0.25) is 4.90 Å². The summed E-state index contributed by atoms with van der Waals surface area (Å²) in [5, 5.41) is 8.95. The Balaban J connectivity index is 1.85. The molecular formula is C13H22N2O2. The molecule has 0 aliphatic carbocycles. The average molecular weight is 238 g/mol. The number of piperidine rings is 1. The minimum Gasteiger partial charge on any atom is -0.462 e. The quantitative estimate of drug-likeness (QED) is 0.858. The summed E-state index contributed by atoms with van der Waals surface area (Å²) in [6, 6.07) is 4.45. The lowest BCUT2D eigenvalue weighted by molar-refractivity contribution is 0.131. The largest absolute Gasteiger partial charge is 0.462 e. The van der Waals surface area contributed by atoms with Crippen LogP contribution in [0.25, 0.3) is 0 Å².